The first kappa shape index (κ1) is 76.9. The van der Waals surface area contributed by atoms with Gasteiger partial charge in [0.1, 0.15) is 60.1 Å². The van der Waals surface area contributed by atoms with Crippen LogP contribution in [0.3, 0.4) is 0 Å². The Balaban J connectivity index is 2.37. The minimum atomic E-state index is -1.87. The number of aliphatic carboxylic acids is 5. The number of guanidine groups is 1. The maximum absolute atomic E-state index is 14.3. The summed E-state index contributed by atoms with van der Waals surface area (Å²) < 4.78 is 0. The van der Waals surface area contributed by atoms with Gasteiger partial charge in [-0.3, -0.25) is 81.7 Å². The number of primary amides is 1. The van der Waals surface area contributed by atoms with Gasteiger partial charge in [-0.1, -0.05) is 32.4 Å². The molecule has 0 spiro atoms. The number of carboxylic acids is 5. The van der Waals surface area contributed by atoms with Gasteiger partial charge in [-0.2, -0.15) is 0 Å². The second-order valence-corrected chi connectivity index (χ2v) is 21.1. The van der Waals surface area contributed by atoms with E-state index in [1.54, 1.807) is 6.92 Å². The number of carbonyl (C=O) groups is 16. The molecule has 504 valence electrons. The fourth-order valence-electron chi connectivity index (χ4n) is 8.97. The van der Waals surface area contributed by atoms with Crippen LogP contribution in [0.5, 0.6) is 5.75 Å². The van der Waals surface area contributed by atoms with Crippen LogP contribution in [0.25, 0.3) is 0 Å². The van der Waals surface area contributed by atoms with Gasteiger partial charge >= 0.3 is 29.8 Å². The van der Waals surface area contributed by atoms with Crippen LogP contribution in [0.15, 0.2) is 29.3 Å². The van der Waals surface area contributed by atoms with E-state index in [1.165, 1.54) is 31.2 Å². The van der Waals surface area contributed by atoms with Crippen molar-refractivity contribution in [2.75, 3.05) is 26.2 Å². The summed E-state index contributed by atoms with van der Waals surface area (Å²) >= 11 is 0. The lowest BCUT2D eigenvalue weighted by atomic mass is 9.97. The average molecular weight is 1290 g/mol. The van der Waals surface area contributed by atoms with E-state index in [0.717, 1.165) is 4.90 Å². The molecule has 37 nitrogen and oxygen atoms in total. The highest BCUT2D eigenvalue weighted by atomic mass is 16.4. The summed E-state index contributed by atoms with van der Waals surface area (Å²) in [5.74, 6) is -20.3. The number of hydrogen-bond donors (Lipinski definition) is 19. The number of benzene rings is 1. The van der Waals surface area contributed by atoms with Gasteiger partial charge in [0.15, 0.2) is 5.96 Å². The lowest BCUT2D eigenvalue weighted by Crippen LogP contribution is -2.60. The predicted octanol–water partition coefficient (Wildman–Crippen LogP) is -6.60. The summed E-state index contributed by atoms with van der Waals surface area (Å²) in [4.78, 5) is 212. The molecule has 1 aliphatic heterocycles. The maximum atomic E-state index is 14.3. The number of nitrogens with two attached hydrogens (primary N) is 4. The molecule has 0 aliphatic carbocycles. The topological polar surface area (TPSA) is 622 Å². The van der Waals surface area contributed by atoms with Crippen LogP contribution in [0.2, 0.25) is 0 Å². The van der Waals surface area contributed by atoms with Crippen molar-refractivity contribution in [1.82, 2.24) is 52.8 Å². The molecular formula is C54H81N15O22. The first-order chi connectivity index (χ1) is 42.8. The smallest absolute Gasteiger partial charge is 0.305 e. The highest BCUT2D eigenvalue weighted by molar-refractivity contribution is 5.99. The zero-order valence-corrected chi connectivity index (χ0v) is 49.9. The van der Waals surface area contributed by atoms with E-state index in [1.807, 2.05) is 0 Å². The van der Waals surface area contributed by atoms with Gasteiger partial charge in [0.2, 0.25) is 65.0 Å². The number of aliphatic imine (C=N–C) groups is 1. The summed E-state index contributed by atoms with van der Waals surface area (Å²) in [5.41, 5.74) is 22.1. The molecule has 1 aromatic rings. The molecule has 0 bridgehead atoms. The van der Waals surface area contributed by atoms with Gasteiger partial charge < -0.3 is 106 Å². The Morgan fingerprint density at radius 3 is 1.48 bits per heavy atom. The second-order valence-electron chi connectivity index (χ2n) is 21.1. The average Bonchev–Trinajstić information content (AvgIpc) is 2.04. The number of aromatic hydroxyl groups is 1. The van der Waals surface area contributed by atoms with Crippen LogP contribution in [-0.4, -0.2) is 217 Å². The predicted molar refractivity (Wildman–Crippen MR) is 312 cm³/mol. The largest absolute Gasteiger partial charge is 0.508 e. The highest BCUT2D eigenvalue weighted by Gasteiger charge is 2.41. The first-order valence-corrected chi connectivity index (χ1v) is 28.7. The molecule has 0 saturated carbocycles. The van der Waals surface area contributed by atoms with Gasteiger partial charge in [0.25, 0.3) is 0 Å². The minimum Gasteiger partial charge on any atom is -0.508 e. The molecule has 0 aromatic heterocycles. The standard InChI is InChI=1S/C54H81N15O22/c1-3-26(2)44(68-49(87)32(14-18-41(77)78)64-48(86)31(13-17-40(75)76)63-47(85)30(12-16-39(73)74)61-37(71)24-55)52(90)60-25-38(72)62-33(15-19-42(79)80)53(91)69-21-5-7-36(69)51(89)65-29(6-4-20-59-54(57)58)46(84)67-35(23-43(81)82)50(88)66-34(45(56)83)22-27-8-10-28(70)11-9-27/h8-11,26,29-36,44,70H,3-7,12-25,55H2,1-2H3,(H2,56,83)(H,60,90)(H,61,71)(H,62,72)(H,63,85)(H,64,86)(H,65,89)(H,66,88)(H,67,84)(H,68,87)(H,73,74)(H,75,76)(H,77,78)(H,79,80)(H,81,82)(H4,57,58,59)/t26-,29-,30-,31-,32-,33-,34-,35-,36-,44-/m0/s1. The number of hydrogen-bond acceptors (Lipinski definition) is 19. The Morgan fingerprint density at radius 1 is 0.560 bits per heavy atom. The third-order valence-corrected chi connectivity index (χ3v) is 14.0. The van der Waals surface area contributed by atoms with E-state index in [-0.39, 0.29) is 63.3 Å². The zero-order chi connectivity index (χ0) is 68.7. The normalized spacial score (nSPS) is 15.5. The second kappa shape index (κ2) is 38.9. The van der Waals surface area contributed by atoms with Gasteiger partial charge in [0, 0.05) is 45.2 Å². The molecule has 0 radical (unpaired) electrons. The van der Waals surface area contributed by atoms with Gasteiger partial charge in [-0.15, -0.1) is 0 Å². The molecule has 11 amide bonds. The van der Waals surface area contributed by atoms with Crippen LogP contribution in [0.1, 0.15) is 109 Å². The Kier molecular flexibility index (Phi) is 32.9. The van der Waals surface area contributed by atoms with Crippen LogP contribution in [-0.2, 0) is 83.1 Å². The van der Waals surface area contributed by atoms with E-state index in [9.17, 15) is 107 Å². The molecule has 1 saturated heterocycles. The molecule has 0 unspecified atom stereocenters. The summed E-state index contributed by atoms with van der Waals surface area (Å²) in [6, 6.07) is -9.25. The zero-order valence-electron chi connectivity index (χ0n) is 49.9. The molecule has 23 N–H and O–H groups in total. The van der Waals surface area contributed by atoms with Gasteiger partial charge in [-0.05, 0) is 75.0 Å². The van der Waals surface area contributed by atoms with E-state index in [2.05, 4.69) is 52.8 Å². The molecule has 1 heterocycles. The summed E-state index contributed by atoms with van der Waals surface area (Å²) in [5, 5.41) is 77.7. The van der Waals surface area contributed by atoms with Gasteiger partial charge in [-0.25, -0.2) is 0 Å². The quantitative estimate of drug-likeness (QED) is 0.0164. The van der Waals surface area contributed by atoms with E-state index in [0.29, 0.717) is 5.56 Å². The highest BCUT2D eigenvalue weighted by Crippen LogP contribution is 2.21. The Hall–Kier alpha value is -10.2. The molecule has 1 aliphatic rings. The number of nitrogens with zero attached hydrogens (tertiary/aromatic N) is 2. The molecule has 1 fully saturated rings. The Labute approximate surface area is 519 Å². The number of carboxylic acid groups (broad SMARTS) is 5. The van der Waals surface area contributed by atoms with Crippen molar-refractivity contribution < 1.29 is 107 Å². The third-order valence-electron chi connectivity index (χ3n) is 14.0. The SMILES string of the molecule is CC[C@H](C)[C@H](NC(=O)[C@H](CCC(=O)O)NC(=O)[C@H](CCC(=O)O)NC(=O)[C@H](CCC(=O)O)NC(=O)CN)C(=O)NCC(=O)N[C@@H](CCC(=O)O)C(=O)N1CCC[C@H]1C(=O)N[C@@H](CCCN=C(N)N)C(=O)N[C@@H](CC(=O)O)C(=O)N[C@@H](Cc1ccc(O)cc1)C(N)=O. The Morgan fingerprint density at radius 2 is 1.01 bits per heavy atom. The van der Waals surface area contributed by atoms with E-state index >= 15 is 0 Å². The van der Waals surface area contributed by atoms with Crippen molar-refractivity contribution in [2.24, 2.45) is 33.8 Å². The molecule has 37 heteroatoms. The number of phenolic OH excluding ortho intramolecular Hbond substituents is 1. The number of amides is 11. The van der Waals surface area contributed by atoms with Crippen molar-refractivity contribution in [3.05, 3.63) is 29.8 Å². The number of carbonyl (C=O) groups excluding carboxylic acids is 11. The van der Waals surface area contributed by atoms with Crippen molar-refractivity contribution >= 4 is 101 Å². The van der Waals surface area contributed by atoms with Crippen LogP contribution in [0.4, 0.5) is 0 Å². The number of phenols is 1. The summed E-state index contributed by atoms with van der Waals surface area (Å²) in [7, 11) is 0. The Bertz CT molecular complexity index is 2840. The number of likely N-dealkylation sites (tertiary alicyclic amines) is 1. The first-order valence-electron chi connectivity index (χ1n) is 28.7. The fourth-order valence-corrected chi connectivity index (χ4v) is 8.97. The monoisotopic (exact) mass is 1290 g/mol. The fraction of sp³-hybridized carbons (Fsp3) is 0.574. The van der Waals surface area contributed by atoms with Crippen molar-refractivity contribution in [1.29, 1.82) is 0 Å². The van der Waals surface area contributed by atoms with E-state index in [4.69, 9.17) is 22.9 Å². The molecular weight excluding hydrogens is 1210 g/mol. The lowest BCUT2D eigenvalue weighted by molar-refractivity contribution is -0.143. The number of nitrogens with one attached hydrogen (secondary N) is 9. The maximum Gasteiger partial charge on any atom is 0.305 e. The van der Waals surface area contributed by atoms with E-state index < -0.39 is 226 Å². The molecule has 10 atom stereocenters. The van der Waals surface area contributed by atoms with Crippen molar-refractivity contribution in [3.8, 4) is 5.75 Å². The van der Waals surface area contributed by atoms with Crippen LogP contribution < -0.4 is 70.8 Å². The summed E-state index contributed by atoms with van der Waals surface area (Å²) in [6.45, 7) is 1.28. The van der Waals surface area contributed by atoms with Crippen molar-refractivity contribution in [3.63, 3.8) is 0 Å². The number of rotatable bonds is 42. The third kappa shape index (κ3) is 28.6. The molecule has 1 aromatic carbocycles. The van der Waals surface area contributed by atoms with Crippen LogP contribution in [0, 0.1) is 5.92 Å². The lowest BCUT2D eigenvalue weighted by Gasteiger charge is -2.30. The van der Waals surface area contributed by atoms with Crippen molar-refractivity contribution in [2.45, 2.75) is 165 Å². The summed E-state index contributed by atoms with van der Waals surface area (Å²) in [6.07, 6.45) is -6.51. The molecule has 91 heavy (non-hydrogen) atoms. The van der Waals surface area contributed by atoms with Crippen LogP contribution >= 0.6 is 0 Å². The minimum absolute atomic E-state index is 0.00591. The molecule has 2 rings (SSSR count). The van der Waals surface area contributed by atoms with Gasteiger partial charge in [0.05, 0.1) is 19.5 Å².